The molecule has 0 aromatic carbocycles. The van der Waals surface area contributed by atoms with Crippen LogP contribution in [0.15, 0.2) is 18.7 Å². The number of carbonyl (C=O) groups is 1. The summed E-state index contributed by atoms with van der Waals surface area (Å²) in [4.78, 5) is 15.3. The molecule has 1 N–H and O–H groups in total. The molecule has 4 nitrogen and oxygen atoms in total. The van der Waals surface area contributed by atoms with E-state index in [1.807, 2.05) is 10.8 Å². The first-order chi connectivity index (χ1) is 7.83. The molecule has 0 atom stereocenters. The average molecular weight is 244 g/mol. The molecule has 0 bridgehead atoms. The highest BCUT2D eigenvalue weighted by Gasteiger charge is 1.99. The zero-order chi connectivity index (χ0) is 11.6. The van der Waals surface area contributed by atoms with Crippen molar-refractivity contribution in [1.82, 2.24) is 14.9 Å². The number of nitrogens with one attached hydrogen (secondary N) is 1. The maximum absolute atomic E-state index is 11.3. The summed E-state index contributed by atoms with van der Waals surface area (Å²) in [5.41, 5.74) is 0. The number of nitrogens with zero attached hydrogens (tertiary/aromatic N) is 2. The highest BCUT2D eigenvalue weighted by Crippen LogP contribution is 1.97. The van der Waals surface area contributed by atoms with Gasteiger partial charge in [0.1, 0.15) is 0 Å². The second-order valence-corrected chi connectivity index (χ2v) is 4.03. The summed E-state index contributed by atoms with van der Waals surface area (Å²) in [6.45, 7) is 1.61. The van der Waals surface area contributed by atoms with Gasteiger partial charge in [-0.2, -0.15) is 0 Å². The number of imidazole rings is 1. The minimum Gasteiger partial charge on any atom is -0.356 e. The fraction of sp³-hybridized carbons (Fsp3) is 0.636. The molecule has 0 unspecified atom stereocenters. The third-order valence-corrected chi connectivity index (χ3v) is 2.53. The van der Waals surface area contributed by atoms with E-state index in [1.54, 1.807) is 12.5 Å². The summed E-state index contributed by atoms with van der Waals surface area (Å²) in [5.74, 6) is 0.754. The summed E-state index contributed by atoms with van der Waals surface area (Å²) in [5, 5.41) is 2.89. The van der Waals surface area contributed by atoms with Crippen LogP contribution in [0.2, 0.25) is 0 Å². The van der Waals surface area contributed by atoms with Crippen molar-refractivity contribution in [2.75, 3.05) is 12.4 Å². The summed E-state index contributed by atoms with van der Waals surface area (Å²) in [6, 6.07) is 0. The summed E-state index contributed by atoms with van der Waals surface area (Å²) >= 11 is 5.53. The number of aryl methyl sites for hydroxylation is 1. The van der Waals surface area contributed by atoms with Gasteiger partial charge in [0.25, 0.3) is 0 Å². The molecule has 1 aromatic rings. The normalized spacial score (nSPS) is 10.3. The number of halogens is 1. The van der Waals surface area contributed by atoms with Crippen molar-refractivity contribution in [1.29, 1.82) is 0 Å². The van der Waals surface area contributed by atoms with E-state index in [0.717, 1.165) is 32.4 Å². The molecule has 0 aliphatic carbocycles. The SMILES string of the molecule is O=C(CCCCCl)NCCCn1ccnc1. The molecular formula is C11H18ClN3O. The molecule has 5 heteroatoms. The van der Waals surface area contributed by atoms with Crippen LogP contribution in [0.5, 0.6) is 0 Å². The maximum atomic E-state index is 11.3. The fourth-order valence-corrected chi connectivity index (χ4v) is 1.57. The van der Waals surface area contributed by atoms with Crippen LogP contribution in [0.25, 0.3) is 0 Å². The predicted molar refractivity (Wildman–Crippen MR) is 64.4 cm³/mol. The van der Waals surface area contributed by atoms with Crippen molar-refractivity contribution in [3.05, 3.63) is 18.7 Å². The number of amides is 1. The van der Waals surface area contributed by atoms with Crippen LogP contribution in [0, 0.1) is 0 Å². The molecule has 16 heavy (non-hydrogen) atoms. The first kappa shape index (κ1) is 13.0. The Balaban J connectivity index is 1.96. The molecule has 1 aromatic heterocycles. The van der Waals surface area contributed by atoms with Crippen molar-refractivity contribution in [2.45, 2.75) is 32.2 Å². The van der Waals surface area contributed by atoms with Gasteiger partial charge < -0.3 is 9.88 Å². The first-order valence-corrected chi connectivity index (χ1v) is 6.15. The molecule has 0 fully saturated rings. The number of rotatable bonds is 8. The summed E-state index contributed by atoms with van der Waals surface area (Å²) in [6.07, 6.45) is 8.74. The monoisotopic (exact) mass is 243 g/mol. The fourth-order valence-electron chi connectivity index (χ4n) is 1.38. The lowest BCUT2D eigenvalue weighted by Gasteiger charge is -2.05. The van der Waals surface area contributed by atoms with E-state index >= 15 is 0 Å². The second-order valence-electron chi connectivity index (χ2n) is 3.65. The zero-order valence-electron chi connectivity index (χ0n) is 9.36. The van der Waals surface area contributed by atoms with Crippen LogP contribution in [-0.4, -0.2) is 27.9 Å². The van der Waals surface area contributed by atoms with Crippen molar-refractivity contribution in [3.63, 3.8) is 0 Å². The van der Waals surface area contributed by atoms with Gasteiger partial charge in [-0.1, -0.05) is 0 Å². The van der Waals surface area contributed by atoms with Crippen LogP contribution in [0.3, 0.4) is 0 Å². The van der Waals surface area contributed by atoms with Gasteiger partial charge in [0, 0.05) is 37.8 Å². The lowest BCUT2D eigenvalue weighted by molar-refractivity contribution is -0.121. The molecule has 90 valence electrons. The maximum Gasteiger partial charge on any atom is 0.219 e. The Kier molecular flexibility index (Phi) is 6.65. The van der Waals surface area contributed by atoms with E-state index in [2.05, 4.69) is 10.3 Å². The highest BCUT2D eigenvalue weighted by molar-refractivity contribution is 6.17. The molecule has 1 rings (SSSR count). The molecule has 0 radical (unpaired) electrons. The van der Waals surface area contributed by atoms with E-state index < -0.39 is 0 Å². The Bertz CT molecular complexity index is 287. The number of unbranched alkanes of at least 4 members (excludes halogenated alkanes) is 1. The van der Waals surface area contributed by atoms with Crippen molar-refractivity contribution in [3.8, 4) is 0 Å². The number of alkyl halides is 1. The van der Waals surface area contributed by atoms with E-state index in [1.165, 1.54) is 0 Å². The molecule has 0 aliphatic rings. The van der Waals surface area contributed by atoms with Crippen molar-refractivity contribution >= 4 is 17.5 Å². The highest BCUT2D eigenvalue weighted by atomic mass is 35.5. The van der Waals surface area contributed by atoms with Gasteiger partial charge in [-0.3, -0.25) is 4.79 Å². The van der Waals surface area contributed by atoms with Crippen molar-refractivity contribution in [2.24, 2.45) is 0 Å². The topological polar surface area (TPSA) is 46.9 Å². The van der Waals surface area contributed by atoms with E-state index in [4.69, 9.17) is 11.6 Å². The first-order valence-electron chi connectivity index (χ1n) is 5.61. The lowest BCUT2D eigenvalue weighted by Crippen LogP contribution is -2.24. The minimum absolute atomic E-state index is 0.121. The molecule has 0 saturated heterocycles. The Morgan fingerprint density at radius 2 is 2.25 bits per heavy atom. The van der Waals surface area contributed by atoms with Crippen LogP contribution in [0.4, 0.5) is 0 Å². The number of aromatic nitrogens is 2. The van der Waals surface area contributed by atoms with Gasteiger partial charge in [0.2, 0.25) is 5.91 Å². The number of hydrogen-bond donors (Lipinski definition) is 1. The average Bonchev–Trinajstić information content (AvgIpc) is 2.78. The van der Waals surface area contributed by atoms with Crippen LogP contribution >= 0.6 is 11.6 Å². The number of hydrogen-bond acceptors (Lipinski definition) is 2. The predicted octanol–water partition coefficient (Wildman–Crippen LogP) is 1.80. The van der Waals surface area contributed by atoms with E-state index in [0.29, 0.717) is 12.3 Å². The summed E-state index contributed by atoms with van der Waals surface area (Å²) < 4.78 is 2.00. The number of carbonyl (C=O) groups excluding carboxylic acids is 1. The Morgan fingerprint density at radius 1 is 1.38 bits per heavy atom. The van der Waals surface area contributed by atoms with Gasteiger partial charge in [-0.15, -0.1) is 11.6 Å². The van der Waals surface area contributed by atoms with Gasteiger partial charge >= 0.3 is 0 Å². The Morgan fingerprint density at radius 3 is 2.94 bits per heavy atom. The van der Waals surface area contributed by atoms with E-state index in [9.17, 15) is 4.79 Å². The van der Waals surface area contributed by atoms with E-state index in [-0.39, 0.29) is 5.91 Å². The molecule has 1 heterocycles. The minimum atomic E-state index is 0.121. The van der Waals surface area contributed by atoms with Crippen LogP contribution in [-0.2, 0) is 11.3 Å². The summed E-state index contributed by atoms with van der Waals surface area (Å²) in [7, 11) is 0. The standard InChI is InChI=1S/C11H18ClN3O/c12-5-2-1-4-11(16)14-6-3-8-15-9-7-13-10-15/h7,9-10H,1-6,8H2,(H,14,16). The van der Waals surface area contributed by atoms with Gasteiger partial charge in [0.05, 0.1) is 6.33 Å². The molecule has 1 amide bonds. The molecule has 0 aliphatic heterocycles. The van der Waals surface area contributed by atoms with Crippen molar-refractivity contribution < 1.29 is 4.79 Å². The lowest BCUT2D eigenvalue weighted by atomic mass is 10.2. The Hall–Kier alpha value is -1.03. The van der Waals surface area contributed by atoms with Gasteiger partial charge in [-0.05, 0) is 19.3 Å². The van der Waals surface area contributed by atoms with Crippen LogP contribution < -0.4 is 5.32 Å². The second kappa shape index (κ2) is 8.16. The van der Waals surface area contributed by atoms with Gasteiger partial charge in [0.15, 0.2) is 0 Å². The third kappa shape index (κ3) is 5.75. The van der Waals surface area contributed by atoms with Crippen LogP contribution in [0.1, 0.15) is 25.7 Å². The molecule has 0 saturated carbocycles. The quantitative estimate of drug-likeness (QED) is 0.559. The Labute approximate surface area is 101 Å². The third-order valence-electron chi connectivity index (χ3n) is 2.26. The smallest absolute Gasteiger partial charge is 0.219 e. The largest absolute Gasteiger partial charge is 0.356 e. The molecule has 0 spiro atoms. The van der Waals surface area contributed by atoms with Gasteiger partial charge in [-0.25, -0.2) is 4.98 Å². The molecular weight excluding hydrogens is 226 g/mol. The zero-order valence-corrected chi connectivity index (χ0v) is 10.1.